The number of hydrogen-bond donors (Lipinski definition) is 0. The number of methoxy groups -OCH3 is 1. The molecule has 0 unspecified atom stereocenters. The van der Waals surface area contributed by atoms with Gasteiger partial charge in [-0.1, -0.05) is 20.8 Å². The summed E-state index contributed by atoms with van der Waals surface area (Å²) in [5, 5.41) is 0. The Balaban J connectivity index is 3.07. The quantitative estimate of drug-likeness (QED) is 0.638. The van der Waals surface area contributed by atoms with Gasteiger partial charge in [-0.15, -0.1) is 0 Å². The smallest absolute Gasteiger partial charge is 0.412 e. The Bertz CT molecular complexity index is 297. The van der Waals surface area contributed by atoms with E-state index in [1.54, 1.807) is 6.92 Å². The molecular formula is C11H19NO4. The topological polar surface area (TPSA) is 55.8 Å². The molecule has 1 aliphatic rings. The number of hydrogen-bond acceptors (Lipinski definition) is 4. The summed E-state index contributed by atoms with van der Waals surface area (Å²) in [5.74, 6) is 0. The molecule has 1 rings (SSSR count). The fourth-order valence-corrected chi connectivity index (χ4v) is 1.79. The molecule has 0 aromatic rings. The summed E-state index contributed by atoms with van der Waals surface area (Å²) in [4.78, 5) is 24.2. The summed E-state index contributed by atoms with van der Waals surface area (Å²) in [7, 11) is 1.30. The maximum Gasteiger partial charge on any atom is 0.412 e. The number of aldehydes is 1. The van der Waals surface area contributed by atoms with E-state index >= 15 is 0 Å². The van der Waals surface area contributed by atoms with Crippen LogP contribution in [0.15, 0.2) is 0 Å². The molecule has 0 aromatic carbocycles. The lowest BCUT2D eigenvalue weighted by Gasteiger charge is -2.36. The number of ether oxygens (including phenoxy) is 2. The van der Waals surface area contributed by atoms with Crippen molar-refractivity contribution in [2.45, 2.75) is 39.5 Å². The molecule has 0 aromatic heterocycles. The molecule has 5 heteroatoms. The molecule has 2 atom stereocenters. The number of carbonyl (C=O) groups excluding carboxylic acids is 2. The van der Waals surface area contributed by atoms with Crippen LogP contribution in [-0.4, -0.2) is 42.8 Å². The molecule has 0 spiro atoms. The van der Waals surface area contributed by atoms with Gasteiger partial charge in [-0.05, 0) is 6.92 Å². The molecule has 0 saturated carbocycles. The Kier molecular flexibility index (Phi) is 3.28. The summed E-state index contributed by atoms with van der Waals surface area (Å²) in [6, 6.07) is 0. The summed E-state index contributed by atoms with van der Waals surface area (Å²) in [6.45, 7) is 7.72. The lowest BCUT2D eigenvalue weighted by molar-refractivity contribution is -0.116. The van der Waals surface area contributed by atoms with Crippen LogP contribution in [0.3, 0.4) is 0 Å². The van der Waals surface area contributed by atoms with Crippen LogP contribution >= 0.6 is 0 Å². The molecule has 1 heterocycles. The highest BCUT2D eigenvalue weighted by Gasteiger charge is 2.51. The molecule has 0 aliphatic carbocycles. The van der Waals surface area contributed by atoms with E-state index in [-0.39, 0.29) is 12.0 Å². The fraction of sp³-hybridized carbons (Fsp3) is 0.818. The SMILES string of the molecule is COC(=O)N1[C@@H](C(C)(C)C)OC[C@@]1(C)C=O. The van der Waals surface area contributed by atoms with Gasteiger partial charge in [-0.2, -0.15) is 0 Å². The van der Waals surface area contributed by atoms with E-state index in [2.05, 4.69) is 0 Å². The van der Waals surface area contributed by atoms with Gasteiger partial charge in [-0.25, -0.2) is 4.79 Å². The molecule has 1 saturated heterocycles. The van der Waals surface area contributed by atoms with Crippen molar-refractivity contribution in [3.8, 4) is 0 Å². The van der Waals surface area contributed by atoms with Gasteiger partial charge in [0, 0.05) is 5.41 Å². The van der Waals surface area contributed by atoms with E-state index < -0.39 is 17.9 Å². The van der Waals surface area contributed by atoms with Gasteiger partial charge in [0.1, 0.15) is 18.1 Å². The van der Waals surface area contributed by atoms with Crippen LogP contribution in [0.25, 0.3) is 0 Å². The Hall–Kier alpha value is -1.10. The maximum atomic E-state index is 11.7. The Morgan fingerprint density at radius 2 is 2.12 bits per heavy atom. The first-order valence-electron chi connectivity index (χ1n) is 5.21. The molecule has 92 valence electrons. The van der Waals surface area contributed by atoms with Crippen LogP contribution < -0.4 is 0 Å². The Morgan fingerprint density at radius 1 is 1.56 bits per heavy atom. The average molecular weight is 229 g/mol. The molecule has 0 bridgehead atoms. The predicted molar refractivity (Wildman–Crippen MR) is 57.9 cm³/mol. The first kappa shape index (κ1) is 13.0. The zero-order chi connectivity index (χ0) is 12.6. The minimum Gasteiger partial charge on any atom is -0.453 e. The molecule has 5 nitrogen and oxygen atoms in total. The van der Waals surface area contributed by atoms with Gasteiger partial charge in [0.25, 0.3) is 0 Å². The third-order valence-electron chi connectivity index (χ3n) is 2.68. The van der Waals surface area contributed by atoms with E-state index in [1.165, 1.54) is 12.0 Å². The van der Waals surface area contributed by atoms with E-state index in [0.717, 1.165) is 6.29 Å². The number of amides is 1. The maximum absolute atomic E-state index is 11.7. The lowest BCUT2D eigenvalue weighted by Crippen LogP contribution is -2.54. The highest BCUT2D eigenvalue weighted by atomic mass is 16.6. The van der Waals surface area contributed by atoms with Crippen molar-refractivity contribution in [3.63, 3.8) is 0 Å². The number of carbonyl (C=O) groups is 2. The lowest BCUT2D eigenvalue weighted by atomic mass is 9.92. The summed E-state index contributed by atoms with van der Waals surface area (Å²) < 4.78 is 10.3. The van der Waals surface area contributed by atoms with Gasteiger partial charge in [0.15, 0.2) is 0 Å². The second-order valence-electron chi connectivity index (χ2n) is 5.34. The van der Waals surface area contributed by atoms with Crippen LogP contribution in [0.5, 0.6) is 0 Å². The highest BCUT2D eigenvalue weighted by molar-refractivity contribution is 5.77. The van der Waals surface area contributed by atoms with Crippen molar-refractivity contribution >= 4 is 12.4 Å². The van der Waals surface area contributed by atoms with Gasteiger partial charge in [-0.3, -0.25) is 4.90 Å². The van der Waals surface area contributed by atoms with E-state index in [4.69, 9.17) is 9.47 Å². The minimum atomic E-state index is -0.939. The molecule has 1 aliphatic heterocycles. The van der Waals surface area contributed by atoms with E-state index in [9.17, 15) is 9.59 Å². The third kappa shape index (κ3) is 2.04. The Labute approximate surface area is 95.7 Å². The number of rotatable bonds is 1. The van der Waals surface area contributed by atoms with Gasteiger partial charge in [0.2, 0.25) is 0 Å². The van der Waals surface area contributed by atoms with Crippen molar-refractivity contribution < 1.29 is 19.1 Å². The minimum absolute atomic E-state index is 0.202. The fourth-order valence-electron chi connectivity index (χ4n) is 1.79. The van der Waals surface area contributed by atoms with Crippen LogP contribution in [0.2, 0.25) is 0 Å². The van der Waals surface area contributed by atoms with E-state index in [1.807, 2.05) is 20.8 Å². The molecule has 16 heavy (non-hydrogen) atoms. The van der Waals surface area contributed by atoms with Gasteiger partial charge >= 0.3 is 6.09 Å². The van der Waals surface area contributed by atoms with Crippen molar-refractivity contribution in [3.05, 3.63) is 0 Å². The summed E-state index contributed by atoms with van der Waals surface area (Å²) in [5.41, 5.74) is -1.21. The van der Waals surface area contributed by atoms with Crippen LogP contribution in [0, 0.1) is 5.41 Å². The summed E-state index contributed by atoms with van der Waals surface area (Å²) in [6.07, 6.45) is -0.252. The van der Waals surface area contributed by atoms with Crippen molar-refractivity contribution in [2.24, 2.45) is 5.41 Å². The molecule has 1 fully saturated rings. The van der Waals surface area contributed by atoms with Crippen molar-refractivity contribution in [1.29, 1.82) is 0 Å². The summed E-state index contributed by atoms with van der Waals surface area (Å²) >= 11 is 0. The van der Waals surface area contributed by atoms with Gasteiger partial charge < -0.3 is 14.3 Å². The molecular weight excluding hydrogens is 210 g/mol. The van der Waals surface area contributed by atoms with Crippen LogP contribution in [-0.2, 0) is 14.3 Å². The second-order valence-corrected chi connectivity index (χ2v) is 5.34. The zero-order valence-corrected chi connectivity index (χ0v) is 10.4. The Morgan fingerprint density at radius 3 is 2.50 bits per heavy atom. The molecule has 0 N–H and O–H groups in total. The normalized spacial score (nSPS) is 30.3. The second kappa shape index (κ2) is 4.05. The van der Waals surface area contributed by atoms with Crippen LogP contribution in [0.4, 0.5) is 4.79 Å². The molecule has 1 amide bonds. The highest BCUT2D eigenvalue weighted by Crippen LogP contribution is 2.36. The van der Waals surface area contributed by atoms with E-state index in [0.29, 0.717) is 0 Å². The van der Waals surface area contributed by atoms with Gasteiger partial charge in [0.05, 0.1) is 13.7 Å². The average Bonchev–Trinajstić information content (AvgIpc) is 2.55. The predicted octanol–water partition coefficient (Wildman–Crippen LogP) is 1.41. The first-order valence-corrected chi connectivity index (χ1v) is 5.21. The number of nitrogens with zero attached hydrogens (tertiary/aromatic N) is 1. The largest absolute Gasteiger partial charge is 0.453 e. The van der Waals surface area contributed by atoms with Crippen molar-refractivity contribution in [2.75, 3.05) is 13.7 Å². The van der Waals surface area contributed by atoms with Crippen LogP contribution in [0.1, 0.15) is 27.7 Å². The standard InChI is InChI=1S/C11H19NO4/c1-10(2,3)8-12(9(14)15-5)11(4,6-13)7-16-8/h6,8H,7H2,1-5H3/t8-,11-/m1/s1. The molecule has 0 radical (unpaired) electrons. The van der Waals surface area contributed by atoms with Crippen molar-refractivity contribution in [1.82, 2.24) is 4.90 Å². The zero-order valence-electron chi connectivity index (χ0n) is 10.4. The first-order chi connectivity index (χ1) is 7.26. The monoisotopic (exact) mass is 229 g/mol. The third-order valence-corrected chi connectivity index (χ3v) is 2.68.